The van der Waals surface area contributed by atoms with E-state index in [1.807, 2.05) is 18.2 Å². The maximum absolute atomic E-state index is 12.0. The summed E-state index contributed by atoms with van der Waals surface area (Å²) in [6, 6.07) is 5.73. The van der Waals surface area contributed by atoms with Crippen molar-refractivity contribution in [2.24, 2.45) is 11.1 Å². The number of ether oxygens (including phenoxy) is 1. The Morgan fingerprint density at radius 3 is 2.83 bits per heavy atom. The quantitative estimate of drug-likeness (QED) is 0.871. The zero-order chi connectivity index (χ0) is 13.2. The van der Waals surface area contributed by atoms with Gasteiger partial charge in [0.2, 0.25) is 5.91 Å². The smallest absolute Gasteiger partial charge is 0.227 e. The van der Waals surface area contributed by atoms with Crippen molar-refractivity contribution < 1.29 is 9.53 Å². The summed E-state index contributed by atoms with van der Waals surface area (Å²) < 4.78 is 6.23. The topological polar surface area (TPSA) is 64.3 Å². The minimum Gasteiger partial charge on any atom is -0.496 e. The molecule has 0 aromatic heterocycles. The molecular formula is C13H17BrN2O2. The van der Waals surface area contributed by atoms with E-state index in [0.29, 0.717) is 13.1 Å². The highest BCUT2D eigenvalue weighted by atomic mass is 79.9. The Labute approximate surface area is 115 Å². The number of carbonyl (C=O) groups excluding carboxylic acids is 1. The zero-order valence-electron chi connectivity index (χ0n) is 10.3. The lowest BCUT2D eigenvalue weighted by Crippen LogP contribution is -2.36. The molecule has 1 amide bonds. The maximum atomic E-state index is 12.0. The molecule has 0 aliphatic heterocycles. The van der Waals surface area contributed by atoms with Gasteiger partial charge in [-0.15, -0.1) is 0 Å². The first kappa shape index (κ1) is 13.4. The highest BCUT2D eigenvalue weighted by Crippen LogP contribution is 2.44. The van der Waals surface area contributed by atoms with Gasteiger partial charge in [0.15, 0.2) is 0 Å². The van der Waals surface area contributed by atoms with Crippen LogP contribution in [0.25, 0.3) is 0 Å². The van der Waals surface area contributed by atoms with Crippen LogP contribution < -0.4 is 15.8 Å². The van der Waals surface area contributed by atoms with Gasteiger partial charge in [0.05, 0.1) is 12.5 Å². The van der Waals surface area contributed by atoms with Crippen LogP contribution in [0, 0.1) is 5.41 Å². The number of halogens is 1. The van der Waals surface area contributed by atoms with Crippen LogP contribution in [0.4, 0.5) is 0 Å². The predicted molar refractivity (Wildman–Crippen MR) is 73.3 cm³/mol. The molecule has 0 bridgehead atoms. The van der Waals surface area contributed by atoms with Gasteiger partial charge in [-0.2, -0.15) is 0 Å². The molecule has 0 spiro atoms. The van der Waals surface area contributed by atoms with Crippen LogP contribution in [0.2, 0.25) is 0 Å². The average molecular weight is 313 g/mol. The summed E-state index contributed by atoms with van der Waals surface area (Å²) in [4.78, 5) is 12.0. The number of amides is 1. The van der Waals surface area contributed by atoms with E-state index >= 15 is 0 Å². The molecule has 1 aliphatic rings. The Hall–Kier alpha value is -1.07. The van der Waals surface area contributed by atoms with Crippen LogP contribution in [0.5, 0.6) is 5.75 Å². The van der Waals surface area contributed by atoms with Gasteiger partial charge in [-0.25, -0.2) is 0 Å². The predicted octanol–water partition coefficient (Wildman–Crippen LogP) is 1.81. The van der Waals surface area contributed by atoms with Gasteiger partial charge in [0.25, 0.3) is 0 Å². The summed E-state index contributed by atoms with van der Waals surface area (Å²) in [5.74, 6) is 0.822. The van der Waals surface area contributed by atoms with Crippen molar-refractivity contribution in [3.63, 3.8) is 0 Å². The molecule has 3 N–H and O–H groups in total. The van der Waals surface area contributed by atoms with Crippen LogP contribution in [0.15, 0.2) is 22.7 Å². The van der Waals surface area contributed by atoms with E-state index in [1.54, 1.807) is 7.11 Å². The monoisotopic (exact) mass is 312 g/mol. The van der Waals surface area contributed by atoms with Gasteiger partial charge in [-0.1, -0.05) is 15.9 Å². The SMILES string of the molecule is COc1ccc(Br)cc1CNC(=O)C1(CN)CC1. The third-order valence-electron chi connectivity index (χ3n) is 3.41. The fourth-order valence-corrected chi connectivity index (χ4v) is 2.33. The molecule has 5 heteroatoms. The van der Waals surface area contributed by atoms with E-state index in [2.05, 4.69) is 21.2 Å². The van der Waals surface area contributed by atoms with Crippen molar-refractivity contribution in [2.75, 3.05) is 13.7 Å². The van der Waals surface area contributed by atoms with Crippen molar-refractivity contribution in [1.29, 1.82) is 0 Å². The second-order valence-electron chi connectivity index (χ2n) is 4.62. The lowest BCUT2D eigenvalue weighted by molar-refractivity contribution is -0.126. The largest absolute Gasteiger partial charge is 0.496 e. The van der Waals surface area contributed by atoms with E-state index in [-0.39, 0.29) is 11.3 Å². The summed E-state index contributed by atoms with van der Waals surface area (Å²) in [7, 11) is 1.62. The third kappa shape index (κ3) is 2.67. The first-order chi connectivity index (χ1) is 8.61. The van der Waals surface area contributed by atoms with E-state index in [0.717, 1.165) is 28.6 Å². The molecule has 0 heterocycles. The number of carbonyl (C=O) groups is 1. The number of nitrogens with one attached hydrogen (secondary N) is 1. The van der Waals surface area contributed by atoms with Crippen molar-refractivity contribution in [3.8, 4) is 5.75 Å². The van der Waals surface area contributed by atoms with E-state index in [1.165, 1.54) is 0 Å². The molecule has 1 saturated carbocycles. The van der Waals surface area contributed by atoms with Gasteiger partial charge in [-0.3, -0.25) is 4.79 Å². The van der Waals surface area contributed by atoms with Gasteiger partial charge in [0.1, 0.15) is 5.75 Å². The van der Waals surface area contributed by atoms with Gasteiger partial charge >= 0.3 is 0 Å². The fraction of sp³-hybridized carbons (Fsp3) is 0.462. The lowest BCUT2D eigenvalue weighted by Gasteiger charge is -2.14. The fourth-order valence-electron chi connectivity index (χ4n) is 1.92. The Morgan fingerprint density at radius 2 is 2.28 bits per heavy atom. The molecule has 0 radical (unpaired) electrons. The number of rotatable bonds is 5. The first-order valence-corrected chi connectivity index (χ1v) is 6.71. The number of hydrogen-bond donors (Lipinski definition) is 2. The summed E-state index contributed by atoms with van der Waals surface area (Å²) in [6.45, 7) is 0.887. The molecule has 4 nitrogen and oxygen atoms in total. The highest BCUT2D eigenvalue weighted by molar-refractivity contribution is 9.10. The van der Waals surface area contributed by atoms with E-state index in [4.69, 9.17) is 10.5 Å². The number of nitrogens with two attached hydrogens (primary N) is 1. The standard InChI is InChI=1S/C13H17BrN2O2/c1-18-11-3-2-10(14)6-9(11)7-16-12(17)13(8-15)4-5-13/h2-3,6H,4-5,7-8,15H2,1H3,(H,16,17). The molecule has 1 aliphatic carbocycles. The third-order valence-corrected chi connectivity index (χ3v) is 3.90. The molecule has 1 fully saturated rings. The molecule has 0 saturated heterocycles. The Morgan fingerprint density at radius 1 is 1.56 bits per heavy atom. The zero-order valence-corrected chi connectivity index (χ0v) is 11.9. The van der Waals surface area contributed by atoms with Gasteiger partial charge in [0, 0.05) is 23.1 Å². The molecule has 0 atom stereocenters. The molecular weight excluding hydrogens is 296 g/mol. The first-order valence-electron chi connectivity index (χ1n) is 5.92. The number of methoxy groups -OCH3 is 1. The minimum atomic E-state index is -0.306. The number of benzene rings is 1. The van der Waals surface area contributed by atoms with Crippen LogP contribution in [-0.4, -0.2) is 19.6 Å². The van der Waals surface area contributed by atoms with Gasteiger partial charge in [-0.05, 0) is 31.0 Å². The molecule has 2 rings (SSSR count). The molecule has 1 aromatic carbocycles. The van der Waals surface area contributed by atoms with Crippen molar-refractivity contribution in [3.05, 3.63) is 28.2 Å². The van der Waals surface area contributed by atoms with E-state index < -0.39 is 0 Å². The minimum absolute atomic E-state index is 0.0482. The van der Waals surface area contributed by atoms with E-state index in [9.17, 15) is 4.79 Å². The van der Waals surface area contributed by atoms with Crippen molar-refractivity contribution >= 4 is 21.8 Å². The van der Waals surface area contributed by atoms with Crippen LogP contribution in [0.3, 0.4) is 0 Å². The van der Waals surface area contributed by atoms with Crippen LogP contribution >= 0.6 is 15.9 Å². The summed E-state index contributed by atoms with van der Waals surface area (Å²) in [6.07, 6.45) is 1.79. The maximum Gasteiger partial charge on any atom is 0.227 e. The normalized spacial score (nSPS) is 16.2. The number of hydrogen-bond acceptors (Lipinski definition) is 3. The Kier molecular flexibility index (Phi) is 3.92. The van der Waals surface area contributed by atoms with Gasteiger partial charge < -0.3 is 15.8 Å². The van der Waals surface area contributed by atoms with Crippen molar-refractivity contribution in [1.82, 2.24) is 5.32 Å². The van der Waals surface area contributed by atoms with Crippen molar-refractivity contribution in [2.45, 2.75) is 19.4 Å². The second-order valence-corrected chi connectivity index (χ2v) is 5.54. The molecule has 98 valence electrons. The molecule has 18 heavy (non-hydrogen) atoms. The highest BCUT2D eigenvalue weighted by Gasteiger charge is 2.48. The van der Waals surface area contributed by atoms with Crippen LogP contribution in [0.1, 0.15) is 18.4 Å². The average Bonchev–Trinajstić information content (AvgIpc) is 3.17. The Balaban J connectivity index is 2.02. The second kappa shape index (κ2) is 5.28. The van der Waals surface area contributed by atoms with Crippen LogP contribution in [-0.2, 0) is 11.3 Å². The summed E-state index contributed by atoms with van der Waals surface area (Å²) in [5, 5.41) is 2.93. The Bertz CT molecular complexity index is 458. The molecule has 0 unspecified atom stereocenters. The lowest BCUT2D eigenvalue weighted by atomic mass is 10.1. The summed E-state index contributed by atoms with van der Waals surface area (Å²) in [5.41, 5.74) is 6.27. The summed E-state index contributed by atoms with van der Waals surface area (Å²) >= 11 is 3.41. The molecule has 1 aromatic rings.